The molecule has 5 rings (SSSR count). The van der Waals surface area contributed by atoms with E-state index in [4.69, 9.17) is 33.4 Å². The van der Waals surface area contributed by atoms with Gasteiger partial charge in [-0.05, 0) is 30.3 Å². The van der Waals surface area contributed by atoms with Crippen molar-refractivity contribution in [2.24, 2.45) is 17.6 Å². The van der Waals surface area contributed by atoms with Crippen molar-refractivity contribution < 1.29 is 23.0 Å². The van der Waals surface area contributed by atoms with Crippen LogP contribution in [0.4, 0.5) is 31.8 Å². The number of benzene rings is 1. The molecule has 14 heteroatoms. The Labute approximate surface area is 245 Å². The smallest absolute Gasteiger partial charge is 0.293 e. The van der Waals surface area contributed by atoms with Gasteiger partial charge in [0.2, 0.25) is 5.69 Å². The molecule has 0 aliphatic carbocycles. The summed E-state index contributed by atoms with van der Waals surface area (Å²) < 4.78 is 41.2. The van der Waals surface area contributed by atoms with Crippen molar-refractivity contribution in [1.29, 1.82) is 0 Å². The molecule has 0 bridgehead atoms. The molecule has 4 N–H and O–H groups in total. The first kappa shape index (κ1) is 29.5. The number of carbonyl (C=O) groups is 1. The summed E-state index contributed by atoms with van der Waals surface area (Å²) in [5.74, 6) is -3.84. The highest BCUT2D eigenvalue weighted by Gasteiger charge is 2.48. The van der Waals surface area contributed by atoms with E-state index in [0.29, 0.717) is 36.3 Å². The summed E-state index contributed by atoms with van der Waals surface area (Å²) in [5.41, 5.74) is 6.77. The molecular weight excluding hydrogens is 572 g/mol. The number of nitrogens with one attached hydrogen (secondary N) is 2. The largest absolute Gasteiger partial charge is 0.478 e. The van der Waals surface area contributed by atoms with E-state index in [1.807, 2.05) is 0 Å². The third-order valence-electron chi connectivity index (χ3n) is 7.53. The molecule has 2 unspecified atom stereocenters. The van der Waals surface area contributed by atoms with Gasteiger partial charge in [0.1, 0.15) is 11.6 Å². The first-order chi connectivity index (χ1) is 20.0. The molecule has 1 aromatic carbocycles. The molecule has 2 saturated heterocycles. The van der Waals surface area contributed by atoms with Gasteiger partial charge in [-0.3, -0.25) is 9.59 Å². The van der Waals surface area contributed by atoms with Gasteiger partial charge in [-0.15, -0.1) is 0 Å². The Morgan fingerprint density at radius 1 is 1.31 bits per heavy atom. The van der Waals surface area contributed by atoms with Crippen LogP contribution in [0.2, 0.25) is 5.02 Å². The van der Waals surface area contributed by atoms with E-state index in [2.05, 4.69) is 20.5 Å². The summed E-state index contributed by atoms with van der Waals surface area (Å²) in [5, 5.41) is 6.42. The third kappa shape index (κ3) is 5.70. The van der Waals surface area contributed by atoms with Gasteiger partial charge in [-0.2, -0.15) is 0 Å². The standard InChI is InChI=1S/C28H30ClF2N7O4/c1-15-9-37(11-23(32)28(15,30)31)26-20(33-2)8-19(29)25(36-26)35-18-4-5-21-17(6-18)7-22(42-14-24(39)34-3)27(40)38(21)10-16-12-41-13-16/h4-8,15-16,23H,9-14,32H2,1,3H3,(H,34,39)(H,35,36). The van der Waals surface area contributed by atoms with Crippen LogP contribution in [0.15, 0.2) is 35.1 Å². The lowest BCUT2D eigenvalue weighted by atomic mass is 9.91. The van der Waals surface area contributed by atoms with E-state index < -0.39 is 17.9 Å². The number of fused-ring (bicyclic) bond motifs is 1. The number of anilines is 3. The predicted molar refractivity (Wildman–Crippen MR) is 155 cm³/mol. The minimum Gasteiger partial charge on any atom is -0.478 e. The van der Waals surface area contributed by atoms with Crippen LogP contribution in [0.5, 0.6) is 5.75 Å². The molecule has 11 nitrogen and oxygen atoms in total. The molecule has 2 aliphatic rings. The number of nitrogens with two attached hydrogens (primary N) is 1. The number of aromatic nitrogens is 2. The van der Waals surface area contributed by atoms with Gasteiger partial charge in [0.25, 0.3) is 17.4 Å². The molecule has 3 aromatic rings. The van der Waals surface area contributed by atoms with Crippen LogP contribution in [0.1, 0.15) is 6.92 Å². The zero-order valence-electron chi connectivity index (χ0n) is 23.0. The molecule has 42 heavy (non-hydrogen) atoms. The molecular formula is C28H30ClF2N7O4. The molecule has 2 aliphatic heterocycles. The van der Waals surface area contributed by atoms with Crippen molar-refractivity contribution in [2.45, 2.75) is 25.4 Å². The Bertz CT molecular complexity index is 1610. The maximum absolute atomic E-state index is 14.4. The Balaban J connectivity index is 1.49. The molecule has 0 spiro atoms. The topological polar surface area (TPSA) is 128 Å². The van der Waals surface area contributed by atoms with Crippen LogP contribution < -0.4 is 31.6 Å². The number of piperidine rings is 1. The second-order valence-electron chi connectivity index (χ2n) is 10.5. The fourth-order valence-electron chi connectivity index (χ4n) is 5.02. The zero-order chi connectivity index (χ0) is 30.2. The number of amides is 1. The monoisotopic (exact) mass is 601 g/mol. The Hall–Kier alpha value is -3.99. The first-order valence-corrected chi connectivity index (χ1v) is 13.7. The molecule has 2 aromatic heterocycles. The molecule has 0 saturated carbocycles. The number of halogens is 3. The van der Waals surface area contributed by atoms with Gasteiger partial charge >= 0.3 is 0 Å². The highest BCUT2D eigenvalue weighted by molar-refractivity contribution is 6.33. The lowest BCUT2D eigenvalue weighted by molar-refractivity contribution is -0.122. The second-order valence-corrected chi connectivity index (χ2v) is 11.0. The van der Waals surface area contributed by atoms with Crippen LogP contribution in [0.25, 0.3) is 15.7 Å². The van der Waals surface area contributed by atoms with Crippen molar-refractivity contribution >= 4 is 51.4 Å². The van der Waals surface area contributed by atoms with Crippen molar-refractivity contribution in [3.05, 3.63) is 57.1 Å². The number of likely N-dealkylation sites (N-methyl/N-ethyl adjacent to an activating group) is 1. The van der Waals surface area contributed by atoms with Gasteiger partial charge in [0.05, 0.1) is 36.4 Å². The second kappa shape index (κ2) is 11.7. The predicted octanol–water partition coefficient (Wildman–Crippen LogP) is 3.53. The average Bonchev–Trinajstić information content (AvgIpc) is 2.94. The maximum atomic E-state index is 14.4. The minimum absolute atomic E-state index is 0.0238. The van der Waals surface area contributed by atoms with Crippen LogP contribution in [0, 0.1) is 18.4 Å². The molecule has 4 heterocycles. The van der Waals surface area contributed by atoms with Gasteiger partial charge in [-0.1, -0.05) is 18.5 Å². The highest BCUT2D eigenvalue weighted by Crippen LogP contribution is 2.40. The van der Waals surface area contributed by atoms with E-state index in [0.717, 1.165) is 0 Å². The fraction of sp³-hybridized carbons (Fsp3) is 0.429. The normalized spacial score (nSPS) is 20.1. The SMILES string of the molecule is [C-]#[N+]c1cc(Cl)c(Nc2ccc3c(c2)cc(OCC(=O)NC)c(=O)n3CC2COC2)nc1N1CC(C)C(F)(F)C(N)C1. The van der Waals surface area contributed by atoms with Crippen LogP contribution in [0.3, 0.4) is 0 Å². The first-order valence-electron chi connectivity index (χ1n) is 13.3. The number of hydrogen-bond donors (Lipinski definition) is 3. The number of alkyl halides is 2. The molecule has 1 amide bonds. The maximum Gasteiger partial charge on any atom is 0.293 e. The summed E-state index contributed by atoms with van der Waals surface area (Å²) in [7, 11) is 1.48. The fourth-order valence-corrected chi connectivity index (χ4v) is 5.21. The lowest BCUT2D eigenvalue weighted by Gasteiger charge is -2.41. The number of pyridine rings is 2. The van der Waals surface area contributed by atoms with Crippen LogP contribution in [-0.2, 0) is 16.1 Å². The van der Waals surface area contributed by atoms with Crippen molar-refractivity contribution in [1.82, 2.24) is 14.9 Å². The van der Waals surface area contributed by atoms with E-state index in [9.17, 15) is 18.4 Å². The van der Waals surface area contributed by atoms with Crippen LogP contribution >= 0.6 is 11.6 Å². The Morgan fingerprint density at radius 2 is 2.07 bits per heavy atom. The quantitative estimate of drug-likeness (QED) is 0.335. The summed E-state index contributed by atoms with van der Waals surface area (Å²) in [6.45, 7) is 9.98. The Morgan fingerprint density at radius 3 is 2.71 bits per heavy atom. The van der Waals surface area contributed by atoms with Gasteiger partial charge in [-0.25, -0.2) is 18.6 Å². The van der Waals surface area contributed by atoms with Crippen molar-refractivity contribution in [2.75, 3.05) is 50.2 Å². The third-order valence-corrected chi connectivity index (χ3v) is 7.82. The van der Waals surface area contributed by atoms with E-state index >= 15 is 0 Å². The van der Waals surface area contributed by atoms with E-state index in [1.165, 1.54) is 20.0 Å². The minimum atomic E-state index is -3.04. The number of rotatable bonds is 8. The van der Waals surface area contributed by atoms with Crippen molar-refractivity contribution in [3.8, 4) is 5.75 Å². The molecule has 0 radical (unpaired) electrons. The van der Waals surface area contributed by atoms with E-state index in [-0.39, 0.29) is 65.2 Å². The number of hydrogen-bond acceptors (Lipinski definition) is 8. The Kier molecular flexibility index (Phi) is 8.23. The van der Waals surface area contributed by atoms with Crippen molar-refractivity contribution in [3.63, 3.8) is 0 Å². The summed E-state index contributed by atoms with van der Waals surface area (Å²) in [6.07, 6.45) is 0. The highest BCUT2D eigenvalue weighted by atomic mass is 35.5. The van der Waals surface area contributed by atoms with Gasteiger partial charge < -0.3 is 35.3 Å². The molecule has 2 atom stereocenters. The zero-order valence-corrected chi connectivity index (χ0v) is 23.8. The average molecular weight is 602 g/mol. The summed E-state index contributed by atoms with van der Waals surface area (Å²) >= 11 is 6.48. The van der Waals surface area contributed by atoms with Crippen LogP contribution in [-0.4, -0.2) is 67.4 Å². The lowest BCUT2D eigenvalue weighted by Crippen LogP contribution is -2.60. The van der Waals surface area contributed by atoms with E-state index in [1.54, 1.807) is 33.7 Å². The van der Waals surface area contributed by atoms with Gasteiger partial charge in [0, 0.05) is 49.6 Å². The molecule has 222 valence electrons. The molecule has 2 fully saturated rings. The number of carbonyl (C=O) groups excluding carboxylic acids is 1. The number of ether oxygens (including phenoxy) is 2. The summed E-state index contributed by atoms with van der Waals surface area (Å²) in [6, 6.07) is 6.88. The summed E-state index contributed by atoms with van der Waals surface area (Å²) in [4.78, 5) is 34.7. The number of nitrogens with zero attached hydrogens (tertiary/aromatic N) is 4. The van der Waals surface area contributed by atoms with Gasteiger partial charge in [0.15, 0.2) is 12.4 Å².